The van der Waals surface area contributed by atoms with Gasteiger partial charge < -0.3 is 18.9 Å². The van der Waals surface area contributed by atoms with E-state index in [1.165, 1.54) is 161 Å². The third kappa shape index (κ3) is 12.5. The van der Waals surface area contributed by atoms with Crippen LogP contribution in [0.2, 0.25) is 0 Å². The molecule has 0 bridgehead atoms. The normalized spacial score (nSPS) is 12.6. The molecule has 0 spiro atoms. The molecule has 4 nitrogen and oxygen atoms in total. The van der Waals surface area contributed by atoms with Crippen LogP contribution in [0.4, 0.5) is 34.1 Å². The average molecular weight is 1560 g/mol. The van der Waals surface area contributed by atoms with Gasteiger partial charge in [0.1, 0.15) is 0 Å². The van der Waals surface area contributed by atoms with Crippen molar-refractivity contribution in [3.8, 4) is 89.3 Å². The van der Waals surface area contributed by atoms with E-state index in [0.29, 0.717) is 0 Å². The molecule has 0 fully saturated rings. The molecule has 0 N–H and O–H groups in total. The molecule has 21 aromatic rings. The minimum Gasteiger partial charge on any atom is -0.311 e. The van der Waals surface area contributed by atoms with E-state index < -0.39 is 5.41 Å². The van der Waals surface area contributed by atoms with Crippen molar-refractivity contribution in [2.45, 2.75) is 24.7 Å². The average Bonchev–Trinajstić information content (AvgIpc) is 1.53. The summed E-state index contributed by atoms with van der Waals surface area (Å²) < 4.78 is 4.74. The molecule has 0 saturated carbocycles. The Balaban J connectivity index is 0.000000146. The fourth-order valence-corrected chi connectivity index (χ4v) is 19.6. The van der Waals surface area contributed by atoms with E-state index in [9.17, 15) is 0 Å². The number of anilines is 6. The summed E-state index contributed by atoms with van der Waals surface area (Å²) in [6.45, 7) is 4.69. The van der Waals surface area contributed by atoms with Crippen LogP contribution in [0.3, 0.4) is 0 Å². The van der Waals surface area contributed by atoms with Crippen LogP contribution in [0.15, 0.2) is 473 Å². The van der Waals surface area contributed by atoms with Gasteiger partial charge in [0.2, 0.25) is 0 Å². The molecule has 122 heavy (non-hydrogen) atoms. The van der Waals surface area contributed by atoms with Crippen LogP contribution in [0, 0.1) is 0 Å². The van der Waals surface area contributed by atoms with Gasteiger partial charge in [-0.2, -0.15) is 0 Å². The number of para-hydroxylation sites is 4. The Kier molecular flexibility index (Phi) is 18.1. The Labute approximate surface area is 712 Å². The number of rotatable bonds is 15. The zero-order chi connectivity index (χ0) is 81.2. The minimum absolute atomic E-state index is 0.0381. The lowest BCUT2D eigenvalue weighted by Crippen LogP contribution is -2.28. The highest BCUT2D eigenvalue weighted by molar-refractivity contribution is 6.12. The van der Waals surface area contributed by atoms with Gasteiger partial charge in [-0.1, -0.05) is 347 Å². The SMILES string of the molecule is CC1(C)c2ccccc2-c2ccc(-c3ccc(N(c4ccc(-c5ccccc5)cc4)c4ccc(-c5ccc6c(c5)c5ccccc5n6-c5ccccc5)cc4)cc3)cc21.c1ccc(-c2ccc(N(c3ccc(-c4ccc5c(c4)c4ccccc4n5-c4ccccc4)cc3)c3ccc4c(c3)C(c3ccccc3)(c3ccccc3)c3ccccc3-4)cc2)cc1. The number of hydrogen-bond donors (Lipinski definition) is 0. The predicted octanol–water partition coefficient (Wildman–Crippen LogP) is 31.5. The summed E-state index contributed by atoms with van der Waals surface area (Å²) in [5.41, 5.74) is 38.4. The fourth-order valence-electron chi connectivity index (χ4n) is 19.6. The van der Waals surface area contributed by atoms with Gasteiger partial charge in [-0.05, 0) is 251 Å². The molecule has 0 unspecified atom stereocenters. The van der Waals surface area contributed by atoms with Gasteiger partial charge in [-0.3, -0.25) is 0 Å². The van der Waals surface area contributed by atoms with Crippen molar-refractivity contribution in [1.29, 1.82) is 0 Å². The van der Waals surface area contributed by atoms with Crippen molar-refractivity contribution in [2.24, 2.45) is 0 Å². The van der Waals surface area contributed by atoms with Crippen molar-refractivity contribution in [3.63, 3.8) is 0 Å². The van der Waals surface area contributed by atoms with Crippen LogP contribution >= 0.6 is 0 Å². The molecule has 0 amide bonds. The molecule has 0 saturated heterocycles. The Morgan fingerprint density at radius 2 is 0.459 bits per heavy atom. The van der Waals surface area contributed by atoms with Crippen molar-refractivity contribution in [2.75, 3.05) is 9.80 Å². The summed E-state index contributed by atoms with van der Waals surface area (Å²) in [5, 5.41) is 5.01. The van der Waals surface area contributed by atoms with Crippen LogP contribution < -0.4 is 9.80 Å². The summed E-state index contributed by atoms with van der Waals surface area (Å²) in [5.74, 6) is 0. The second kappa shape index (κ2) is 30.4. The Morgan fingerprint density at radius 1 is 0.180 bits per heavy atom. The van der Waals surface area contributed by atoms with Crippen LogP contribution in [0.1, 0.15) is 47.2 Å². The zero-order valence-electron chi connectivity index (χ0n) is 67.8. The summed E-state index contributed by atoms with van der Waals surface area (Å²) in [7, 11) is 0. The molecule has 2 heterocycles. The Morgan fingerprint density at radius 3 is 0.893 bits per heavy atom. The van der Waals surface area contributed by atoms with Crippen LogP contribution in [-0.4, -0.2) is 9.13 Å². The smallest absolute Gasteiger partial charge is 0.0714 e. The summed E-state index contributed by atoms with van der Waals surface area (Å²) in [6.07, 6.45) is 0. The maximum absolute atomic E-state index is 2.45. The topological polar surface area (TPSA) is 16.3 Å². The van der Waals surface area contributed by atoms with Gasteiger partial charge in [0.15, 0.2) is 0 Å². The third-order valence-electron chi connectivity index (χ3n) is 25.5. The Bertz CT molecular complexity index is 7400. The molecule has 2 aromatic heterocycles. The first-order valence-corrected chi connectivity index (χ1v) is 42.3. The molecule has 2 aliphatic rings. The van der Waals surface area contributed by atoms with Crippen molar-refractivity contribution < 1.29 is 0 Å². The van der Waals surface area contributed by atoms with Gasteiger partial charge in [0, 0.05) is 72.5 Å². The first-order valence-electron chi connectivity index (χ1n) is 42.3. The van der Waals surface area contributed by atoms with Gasteiger partial charge in [-0.15, -0.1) is 0 Å². The molecule has 2 aliphatic carbocycles. The maximum Gasteiger partial charge on any atom is 0.0714 e. The van der Waals surface area contributed by atoms with E-state index in [-0.39, 0.29) is 5.41 Å². The van der Waals surface area contributed by atoms with Crippen molar-refractivity contribution in [1.82, 2.24) is 9.13 Å². The van der Waals surface area contributed by atoms with E-state index in [4.69, 9.17) is 0 Å². The van der Waals surface area contributed by atoms with Gasteiger partial charge in [-0.25, -0.2) is 0 Å². The quantitative estimate of drug-likeness (QED) is 0.102. The second-order valence-electron chi connectivity index (χ2n) is 32.7. The minimum atomic E-state index is -0.501. The second-order valence-corrected chi connectivity index (χ2v) is 32.7. The lowest BCUT2D eigenvalue weighted by Gasteiger charge is -2.35. The third-order valence-corrected chi connectivity index (χ3v) is 25.5. The van der Waals surface area contributed by atoms with E-state index >= 15 is 0 Å². The van der Waals surface area contributed by atoms with Gasteiger partial charge >= 0.3 is 0 Å². The zero-order valence-corrected chi connectivity index (χ0v) is 67.8. The van der Waals surface area contributed by atoms with E-state index in [1.54, 1.807) is 0 Å². The van der Waals surface area contributed by atoms with Crippen molar-refractivity contribution >= 4 is 77.7 Å². The molecule has 23 rings (SSSR count). The van der Waals surface area contributed by atoms with Crippen LogP contribution in [0.5, 0.6) is 0 Å². The first kappa shape index (κ1) is 72.8. The molecule has 4 heteroatoms. The molecular weight excluding hydrogens is 1470 g/mol. The van der Waals surface area contributed by atoms with E-state index in [1.807, 2.05) is 0 Å². The van der Waals surface area contributed by atoms with Gasteiger partial charge in [0.25, 0.3) is 0 Å². The number of nitrogens with zero attached hydrogens (tertiary/aromatic N) is 4. The molecular formula is C118H84N4. The molecule has 0 radical (unpaired) electrons. The highest BCUT2D eigenvalue weighted by Crippen LogP contribution is 2.58. The van der Waals surface area contributed by atoms with E-state index in [0.717, 1.165) is 39.8 Å². The standard InChI is InChI=1S/C61H42N2.C57H42N2/c1-5-17-43(18-6-1)44-29-34-50(35-30-44)62(51-36-31-45(32-37-51)46-33-40-60-56(41-46)55-26-14-16-28-59(55)63(60)49-23-11-4-12-24-49)52-38-39-54-53-25-13-15-27-57(53)61(58(54)42-52,47-19-7-2-8-20-47)48-21-9-3-10-22-48;1-57(2)53-19-11-9-17-49(53)50-35-27-44(38-54(50)57)42-25-33-48(34-26-42)58(46-29-21-40(22-30-46)39-13-5-3-6-14-39)47-31-23-41(24-32-47)43-28-36-56-52(37-43)51-18-10-12-20-55(51)59(56)45-15-7-4-8-16-45/h1-42H;3-38H,1-2H3. The van der Waals surface area contributed by atoms with Gasteiger partial charge in [0.05, 0.1) is 27.5 Å². The molecule has 576 valence electrons. The monoisotopic (exact) mass is 1560 g/mol. The predicted molar refractivity (Wildman–Crippen MR) is 513 cm³/mol. The highest BCUT2D eigenvalue weighted by Gasteiger charge is 2.46. The number of hydrogen-bond acceptors (Lipinski definition) is 2. The number of aromatic nitrogens is 2. The summed E-state index contributed by atoms with van der Waals surface area (Å²) in [4.78, 5) is 4.78. The van der Waals surface area contributed by atoms with Crippen LogP contribution in [0.25, 0.3) is 133 Å². The first-order chi connectivity index (χ1) is 60.3. The lowest BCUT2D eigenvalue weighted by atomic mass is 9.67. The number of benzene rings is 19. The van der Waals surface area contributed by atoms with Crippen molar-refractivity contribution in [3.05, 3.63) is 507 Å². The molecule has 0 atom stereocenters. The van der Waals surface area contributed by atoms with E-state index in [2.05, 4.69) is 506 Å². The molecule has 0 aliphatic heterocycles. The fraction of sp³-hybridized carbons (Fsp3) is 0.0339. The largest absolute Gasteiger partial charge is 0.311 e. The maximum atomic E-state index is 2.45. The lowest BCUT2D eigenvalue weighted by molar-refractivity contribution is 0.660. The molecule has 19 aromatic carbocycles. The highest BCUT2D eigenvalue weighted by atomic mass is 15.1. The van der Waals surface area contributed by atoms with Crippen LogP contribution in [-0.2, 0) is 10.8 Å². The number of fused-ring (bicyclic) bond motifs is 12. The Hall–Kier alpha value is -15.6. The summed E-state index contributed by atoms with van der Waals surface area (Å²) >= 11 is 0. The summed E-state index contributed by atoms with van der Waals surface area (Å²) in [6, 6.07) is 173.